The molecule has 0 unspecified atom stereocenters. The SMILES string of the molecule is CCCC#CC(=O)c1cc(Br)cc(Br)c1OCc1ccccc1. The molecule has 2 nitrogen and oxygen atoms in total. The molecule has 2 aromatic carbocycles. The summed E-state index contributed by atoms with van der Waals surface area (Å²) in [5.41, 5.74) is 1.50. The molecule has 23 heavy (non-hydrogen) atoms. The van der Waals surface area contributed by atoms with E-state index >= 15 is 0 Å². The van der Waals surface area contributed by atoms with Gasteiger partial charge in [-0.3, -0.25) is 4.79 Å². The van der Waals surface area contributed by atoms with Crippen LogP contribution in [0.3, 0.4) is 0 Å². The van der Waals surface area contributed by atoms with Gasteiger partial charge in [0.05, 0.1) is 10.0 Å². The average Bonchev–Trinajstić information content (AvgIpc) is 2.54. The molecule has 0 radical (unpaired) electrons. The van der Waals surface area contributed by atoms with Gasteiger partial charge in [-0.1, -0.05) is 59.1 Å². The lowest BCUT2D eigenvalue weighted by Crippen LogP contribution is -2.04. The van der Waals surface area contributed by atoms with Gasteiger partial charge >= 0.3 is 0 Å². The molecule has 4 heteroatoms. The Kier molecular flexibility index (Phi) is 6.88. The zero-order valence-corrected chi connectivity index (χ0v) is 15.9. The van der Waals surface area contributed by atoms with E-state index in [1.807, 2.05) is 43.3 Å². The number of ketones is 1. The summed E-state index contributed by atoms with van der Waals surface area (Å²) in [5.74, 6) is 5.86. The van der Waals surface area contributed by atoms with Gasteiger partial charge in [0.2, 0.25) is 5.78 Å². The molecule has 0 atom stereocenters. The van der Waals surface area contributed by atoms with Crippen LogP contribution in [-0.2, 0) is 6.61 Å². The van der Waals surface area contributed by atoms with E-state index in [0.717, 1.165) is 20.9 Å². The van der Waals surface area contributed by atoms with Gasteiger partial charge in [0.1, 0.15) is 12.4 Å². The molecule has 0 aromatic heterocycles. The second kappa shape index (κ2) is 8.90. The molecule has 0 aliphatic heterocycles. The zero-order valence-electron chi connectivity index (χ0n) is 12.7. The summed E-state index contributed by atoms with van der Waals surface area (Å²) in [4.78, 5) is 12.4. The summed E-state index contributed by atoms with van der Waals surface area (Å²) in [7, 11) is 0. The van der Waals surface area contributed by atoms with Gasteiger partial charge in [-0.05, 0) is 46.0 Å². The van der Waals surface area contributed by atoms with Crippen molar-refractivity contribution in [3.8, 4) is 17.6 Å². The van der Waals surface area contributed by atoms with Gasteiger partial charge in [-0.25, -0.2) is 0 Å². The minimum absolute atomic E-state index is 0.233. The third-order valence-corrected chi connectivity index (χ3v) is 4.10. The molecule has 0 amide bonds. The molecule has 0 N–H and O–H groups in total. The van der Waals surface area contributed by atoms with E-state index in [1.165, 1.54) is 0 Å². The maximum Gasteiger partial charge on any atom is 0.239 e. The van der Waals surface area contributed by atoms with E-state index in [2.05, 4.69) is 43.7 Å². The van der Waals surface area contributed by atoms with Crippen LogP contribution in [0.1, 0.15) is 35.7 Å². The average molecular weight is 436 g/mol. The van der Waals surface area contributed by atoms with Gasteiger partial charge < -0.3 is 4.74 Å². The highest BCUT2D eigenvalue weighted by Gasteiger charge is 2.16. The van der Waals surface area contributed by atoms with Crippen molar-refractivity contribution in [1.29, 1.82) is 0 Å². The summed E-state index contributed by atoms with van der Waals surface area (Å²) < 4.78 is 7.41. The predicted molar refractivity (Wildman–Crippen MR) is 99.6 cm³/mol. The van der Waals surface area contributed by atoms with Crippen molar-refractivity contribution in [2.24, 2.45) is 0 Å². The number of unbranched alkanes of at least 4 members (excludes halogenated alkanes) is 1. The Bertz CT molecular complexity index is 743. The van der Waals surface area contributed by atoms with Crippen molar-refractivity contribution in [2.75, 3.05) is 0 Å². The summed E-state index contributed by atoms with van der Waals surface area (Å²) in [6.07, 6.45) is 1.64. The predicted octanol–water partition coefficient (Wildman–Crippen LogP) is 5.78. The number of Topliss-reactive ketones (excluding diaryl/α,β-unsaturated/α-hetero) is 1. The van der Waals surface area contributed by atoms with Crippen LogP contribution in [0.25, 0.3) is 0 Å². The van der Waals surface area contributed by atoms with Crippen LogP contribution in [0.15, 0.2) is 51.4 Å². The zero-order chi connectivity index (χ0) is 16.7. The minimum atomic E-state index is -0.233. The van der Waals surface area contributed by atoms with Crippen LogP contribution in [0, 0.1) is 11.8 Å². The summed E-state index contributed by atoms with van der Waals surface area (Å²) in [6.45, 7) is 2.42. The highest BCUT2D eigenvalue weighted by molar-refractivity contribution is 9.11. The summed E-state index contributed by atoms with van der Waals surface area (Å²) in [5, 5.41) is 0. The van der Waals surface area contributed by atoms with Gasteiger partial charge in [0.25, 0.3) is 0 Å². The molecule has 2 rings (SSSR count). The van der Waals surface area contributed by atoms with Gasteiger partial charge in [0.15, 0.2) is 0 Å². The second-order valence-electron chi connectivity index (χ2n) is 4.92. The lowest BCUT2D eigenvalue weighted by molar-refractivity contribution is 0.105. The van der Waals surface area contributed by atoms with Crippen LogP contribution in [0.5, 0.6) is 5.75 Å². The molecule has 0 spiro atoms. The number of carbonyl (C=O) groups is 1. The van der Waals surface area contributed by atoms with Crippen molar-refractivity contribution in [3.63, 3.8) is 0 Å². The van der Waals surface area contributed by atoms with Crippen LogP contribution >= 0.6 is 31.9 Å². The first-order valence-corrected chi connectivity index (χ1v) is 8.89. The molecule has 0 aliphatic carbocycles. The first-order chi connectivity index (χ1) is 11.1. The van der Waals surface area contributed by atoms with E-state index in [4.69, 9.17) is 4.74 Å². The largest absolute Gasteiger partial charge is 0.487 e. The van der Waals surface area contributed by atoms with Crippen molar-refractivity contribution in [1.82, 2.24) is 0 Å². The molecule has 2 aromatic rings. The highest BCUT2D eigenvalue weighted by Crippen LogP contribution is 2.33. The minimum Gasteiger partial charge on any atom is -0.487 e. The lowest BCUT2D eigenvalue weighted by Gasteiger charge is -2.12. The van der Waals surface area contributed by atoms with E-state index in [1.54, 1.807) is 6.07 Å². The van der Waals surface area contributed by atoms with E-state index < -0.39 is 0 Å². The van der Waals surface area contributed by atoms with Crippen molar-refractivity contribution >= 4 is 37.6 Å². The quantitative estimate of drug-likeness (QED) is 0.338. The normalized spacial score (nSPS) is 9.87. The van der Waals surface area contributed by atoms with Gasteiger partial charge in [-0.15, -0.1) is 0 Å². The fraction of sp³-hybridized carbons (Fsp3) is 0.211. The van der Waals surface area contributed by atoms with Crippen molar-refractivity contribution in [3.05, 3.63) is 62.5 Å². The number of benzene rings is 2. The molecule has 118 valence electrons. The van der Waals surface area contributed by atoms with Crippen molar-refractivity contribution < 1.29 is 9.53 Å². The fourth-order valence-electron chi connectivity index (χ4n) is 1.94. The Balaban J connectivity index is 2.27. The summed E-state index contributed by atoms with van der Waals surface area (Å²) >= 11 is 6.87. The van der Waals surface area contributed by atoms with Crippen LogP contribution in [0.4, 0.5) is 0 Å². The first kappa shape index (κ1) is 17.8. The molecule has 0 saturated carbocycles. The van der Waals surface area contributed by atoms with E-state index in [-0.39, 0.29) is 5.78 Å². The number of carbonyl (C=O) groups excluding carboxylic acids is 1. The highest BCUT2D eigenvalue weighted by atomic mass is 79.9. The Morgan fingerprint density at radius 1 is 1.17 bits per heavy atom. The Labute approximate surface area is 153 Å². The smallest absolute Gasteiger partial charge is 0.239 e. The topological polar surface area (TPSA) is 26.3 Å². The molecule has 0 bridgehead atoms. The molecule has 0 saturated heterocycles. The number of hydrogen-bond donors (Lipinski definition) is 0. The molecular formula is C19H16Br2O2. The Morgan fingerprint density at radius 3 is 2.61 bits per heavy atom. The second-order valence-corrected chi connectivity index (χ2v) is 6.69. The maximum atomic E-state index is 12.4. The van der Waals surface area contributed by atoms with Crippen LogP contribution in [-0.4, -0.2) is 5.78 Å². The number of ether oxygens (including phenoxy) is 1. The fourth-order valence-corrected chi connectivity index (χ4v) is 3.28. The van der Waals surface area contributed by atoms with Crippen molar-refractivity contribution in [2.45, 2.75) is 26.4 Å². The lowest BCUT2D eigenvalue weighted by atomic mass is 10.1. The van der Waals surface area contributed by atoms with Crippen LogP contribution in [0.2, 0.25) is 0 Å². The Morgan fingerprint density at radius 2 is 1.91 bits per heavy atom. The molecule has 0 heterocycles. The number of hydrogen-bond acceptors (Lipinski definition) is 2. The van der Waals surface area contributed by atoms with E-state index in [9.17, 15) is 4.79 Å². The third-order valence-electron chi connectivity index (χ3n) is 3.06. The Hall–Kier alpha value is -1.57. The molecule has 0 fully saturated rings. The number of halogens is 2. The first-order valence-electron chi connectivity index (χ1n) is 7.30. The summed E-state index contributed by atoms with van der Waals surface area (Å²) in [6, 6.07) is 13.4. The monoisotopic (exact) mass is 434 g/mol. The van der Waals surface area contributed by atoms with Gasteiger partial charge in [0, 0.05) is 10.9 Å². The van der Waals surface area contributed by atoms with Crippen LogP contribution < -0.4 is 4.74 Å². The third kappa shape index (κ3) is 5.23. The standard InChI is InChI=1S/C19H16Br2O2/c1-2-3-5-10-18(22)16-11-15(20)12-17(21)19(16)23-13-14-8-6-4-7-9-14/h4,6-9,11-12H,2-3,13H2,1H3. The van der Waals surface area contributed by atoms with Gasteiger partial charge in [-0.2, -0.15) is 0 Å². The van der Waals surface area contributed by atoms with E-state index in [0.29, 0.717) is 24.3 Å². The molecule has 0 aliphatic rings. The maximum absolute atomic E-state index is 12.4. The molecular weight excluding hydrogens is 420 g/mol. The number of rotatable bonds is 5.